The Hall–Kier alpha value is -4.73. The molecule has 1 atom stereocenters. The number of nitro benzene ring substituents is 1. The van der Waals surface area contributed by atoms with Crippen molar-refractivity contribution in [3.8, 4) is 11.5 Å². The number of ether oxygens (including phenoxy) is 3. The molecule has 184 valence electrons. The van der Waals surface area contributed by atoms with E-state index in [-0.39, 0.29) is 17.0 Å². The molecule has 0 fully saturated rings. The van der Waals surface area contributed by atoms with Crippen LogP contribution in [0.25, 0.3) is 0 Å². The Morgan fingerprint density at radius 2 is 1.78 bits per heavy atom. The van der Waals surface area contributed by atoms with E-state index in [4.69, 9.17) is 9.47 Å². The van der Waals surface area contributed by atoms with E-state index in [1.807, 2.05) is 42.5 Å². The van der Waals surface area contributed by atoms with Gasteiger partial charge in [0.2, 0.25) is 0 Å². The number of hydrogen-bond donors (Lipinski definition) is 0. The number of hydrazone groups is 1. The van der Waals surface area contributed by atoms with Crippen LogP contribution in [-0.4, -0.2) is 48.3 Å². The summed E-state index contributed by atoms with van der Waals surface area (Å²) < 4.78 is 15.4. The molecule has 0 radical (unpaired) electrons. The highest BCUT2D eigenvalue weighted by Gasteiger charge is 2.33. The fraction of sp³-hybridized carbons (Fsp3) is 0.192. The summed E-state index contributed by atoms with van der Waals surface area (Å²) in [4.78, 5) is 35.9. The van der Waals surface area contributed by atoms with Crippen LogP contribution in [0.1, 0.15) is 33.9 Å². The number of hydrogen-bond acceptors (Lipinski definition) is 8. The summed E-state index contributed by atoms with van der Waals surface area (Å²) >= 11 is 0. The normalized spacial score (nSPS) is 14.7. The Kier molecular flexibility index (Phi) is 7.24. The molecule has 1 aliphatic rings. The smallest absolute Gasteiger partial charge is 0.337 e. The van der Waals surface area contributed by atoms with Crippen LogP contribution < -0.4 is 9.47 Å². The second-order valence-corrected chi connectivity index (χ2v) is 7.86. The van der Waals surface area contributed by atoms with Crippen molar-refractivity contribution in [2.24, 2.45) is 5.10 Å². The molecular weight excluding hydrogens is 466 g/mol. The van der Waals surface area contributed by atoms with E-state index < -0.39 is 29.4 Å². The second kappa shape index (κ2) is 10.7. The zero-order valence-corrected chi connectivity index (χ0v) is 19.6. The van der Waals surface area contributed by atoms with Crippen molar-refractivity contribution >= 4 is 23.3 Å². The zero-order valence-electron chi connectivity index (χ0n) is 19.6. The van der Waals surface area contributed by atoms with E-state index in [2.05, 4.69) is 9.84 Å². The molecule has 1 unspecified atom stereocenters. The van der Waals surface area contributed by atoms with Crippen molar-refractivity contribution in [1.82, 2.24) is 5.01 Å². The SMILES string of the molecule is COC(=O)c1ccc([N+](=O)[O-])c(OCC(=O)N2N=C(c3ccccc3)CC2c2ccc(OC)cc2)c1. The average molecular weight is 489 g/mol. The monoisotopic (exact) mass is 489 g/mol. The summed E-state index contributed by atoms with van der Waals surface area (Å²) in [6.07, 6.45) is 0.472. The van der Waals surface area contributed by atoms with Crippen LogP contribution in [0.4, 0.5) is 5.69 Å². The van der Waals surface area contributed by atoms with Gasteiger partial charge in [0, 0.05) is 18.6 Å². The van der Waals surface area contributed by atoms with Gasteiger partial charge >= 0.3 is 11.7 Å². The van der Waals surface area contributed by atoms with E-state index in [0.717, 1.165) is 22.9 Å². The highest BCUT2D eigenvalue weighted by Crippen LogP contribution is 2.34. The molecule has 0 N–H and O–H groups in total. The summed E-state index contributed by atoms with van der Waals surface area (Å²) in [6, 6.07) is 20.0. The predicted octanol–water partition coefficient (Wildman–Crippen LogP) is 4.15. The molecule has 0 saturated carbocycles. The molecule has 1 aliphatic heterocycles. The van der Waals surface area contributed by atoms with E-state index in [0.29, 0.717) is 12.2 Å². The second-order valence-electron chi connectivity index (χ2n) is 7.86. The number of amides is 1. The Balaban J connectivity index is 1.60. The van der Waals surface area contributed by atoms with Crippen molar-refractivity contribution < 1.29 is 28.7 Å². The van der Waals surface area contributed by atoms with Crippen LogP contribution >= 0.6 is 0 Å². The first-order chi connectivity index (χ1) is 17.4. The van der Waals surface area contributed by atoms with Crippen LogP contribution in [0.5, 0.6) is 11.5 Å². The number of nitrogens with zero attached hydrogens (tertiary/aromatic N) is 3. The first-order valence-electron chi connectivity index (χ1n) is 11.0. The molecule has 0 saturated heterocycles. The summed E-state index contributed by atoms with van der Waals surface area (Å²) in [5.41, 5.74) is 2.14. The first-order valence-corrected chi connectivity index (χ1v) is 11.0. The largest absolute Gasteiger partial charge is 0.497 e. The Morgan fingerprint density at radius 1 is 1.06 bits per heavy atom. The van der Waals surface area contributed by atoms with Crippen LogP contribution in [0.2, 0.25) is 0 Å². The maximum Gasteiger partial charge on any atom is 0.337 e. The van der Waals surface area contributed by atoms with Crippen LogP contribution in [0, 0.1) is 10.1 Å². The molecule has 3 aromatic carbocycles. The van der Waals surface area contributed by atoms with E-state index >= 15 is 0 Å². The molecule has 0 aromatic heterocycles. The van der Waals surface area contributed by atoms with Gasteiger partial charge in [0.1, 0.15) is 5.75 Å². The van der Waals surface area contributed by atoms with Gasteiger partial charge in [-0.15, -0.1) is 0 Å². The summed E-state index contributed by atoms with van der Waals surface area (Å²) in [6.45, 7) is -0.524. The molecule has 10 heteroatoms. The van der Waals surface area contributed by atoms with E-state index in [1.54, 1.807) is 19.2 Å². The molecule has 1 heterocycles. The quantitative estimate of drug-likeness (QED) is 0.265. The average Bonchev–Trinajstić information content (AvgIpc) is 3.37. The molecule has 1 amide bonds. The Bertz CT molecular complexity index is 1310. The lowest BCUT2D eigenvalue weighted by Crippen LogP contribution is -2.31. The minimum atomic E-state index is -0.683. The van der Waals surface area contributed by atoms with Gasteiger partial charge in [-0.1, -0.05) is 42.5 Å². The standard InChI is InChI=1S/C26H23N3O7/c1-34-20-11-8-18(9-12-20)23-15-21(17-6-4-3-5-7-17)27-28(23)25(30)16-36-24-14-19(26(31)35-2)10-13-22(24)29(32)33/h3-14,23H,15-16H2,1-2H3. The number of methoxy groups -OCH3 is 2. The van der Waals surface area contributed by atoms with Crippen LogP contribution in [0.3, 0.4) is 0 Å². The number of rotatable bonds is 8. The molecular formula is C26H23N3O7. The third-order valence-corrected chi connectivity index (χ3v) is 5.70. The molecule has 0 spiro atoms. The fourth-order valence-electron chi connectivity index (χ4n) is 3.86. The number of benzene rings is 3. The molecule has 36 heavy (non-hydrogen) atoms. The van der Waals surface area contributed by atoms with Crippen LogP contribution in [-0.2, 0) is 9.53 Å². The molecule has 4 rings (SSSR count). The van der Waals surface area contributed by atoms with Gasteiger partial charge in [-0.2, -0.15) is 5.10 Å². The van der Waals surface area contributed by atoms with Gasteiger partial charge in [0.15, 0.2) is 12.4 Å². The molecule has 0 bridgehead atoms. The predicted molar refractivity (Wildman–Crippen MR) is 130 cm³/mol. The van der Waals surface area contributed by atoms with Gasteiger partial charge in [-0.05, 0) is 29.3 Å². The lowest BCUT2D eigenvalue weighted by molar-refractivity contribution is -0.385. The zero-order chi connectivity index (χ0) is 25.7. The maximum absolute atomic E-state index is 13.3. The lowest BCUT2D eigenvalue weighted by atomic mass is 9.98. The minimum absolute atomic E-state index is 0.0622. The first kappa shape index (κ1) is 24.4. The van der Waals surface area contributed by atoms with E-state index in [1.165, 1.54) is 24.3 Å². The fourth-order valence-corrected chi connectivity index (χ4v) is 3.86. The van der Waals surface area contributed by atoms with Gasteiger partial charge in [0.25, 0.3) is 5.91 Å². The summed E-state index contributed by atoms with van der Waals surface area (Å²) in [5, 5.41) is 17.3. The highest BCUT2D eigenvalue weighted by molar-refractivity contribution is 6.03. The third kappa shape index (κ3) is 5.17. The highest BCUT2D eigenvalue weighted by atomic mass is 16.6. The van der Waals surface area contributed by atoms with Crippen molar-refractivity contribution in [1.29, 1.82) is 0 Å². The Morgan fingerprint density at radius 3 is 2.42 bits per heavy atom. The number of carbonyl (C=O) groups excluding carboxylic acids is 2. The van der Waals surface area contributed by atoms with Crippen molar-refractivity contribution in [2.75, 3.05) is 20.8 Å². The van der Waals surface area contributed by atoms with Gasteiger partial charge < -0.3 is 14.2 Å². The maximum atomic E-state index is 13.3. The van der Waals surface area contributed by atoms with E-state index in [9.17, 15) is 19.7 Å². The molecule has 10 nitrogen and oxygen atoms in total. The molecule has 0 aliphatic carbocycles. The minimum Gasteiger partial charge on any atom is -0.497 e. The topological polar surface area (TPSA) is 121 Å². The van der Waals surface area contributed by atoms with Gasteiger partial charge in [0.05, 0.1) is 36.5 Å². The summed E-state index contributed by atoms with van der Waals surface area (Å²) in [5.74, 6) is -0.722. The lowest BCUT2D eigenvalue weighted by Gasteiger charge is -2.22. The van der Waals surface area contributed by atoms with Crippen molar-refractivity contribution in [3.63, 3.8) is 0 Å². The number of esters is 1. The van der Waals surface area contributed by atoms with Crippen molar-refractivity contribution in [3.05, 3.63) is 99.6 Å². The number of nitro groups is 1. The van der Waals surface area contributed by atoms with Crippen molar-refractivity contribution in [2.45, 2.75) is 12.5 Å². The van der Waals surface area contributed by atoms with Gasteiger partial charge in [-0.25, -0.2) is 9.80 Å². The summed E-state index contributed by atoms with van der Waals surface area (Å²) in [7, 11) is 2.77. The van der Waals surface area contributed by atoms with Crippen LogP contribution in [0.15, 0.2) is 77.9 Å². The number of carbonyl (C=O) groups is 2. The van der Waals surface area contributed by atoms with Gasteiger partial charge in [-0.3, -0.25) is 14.9 Å². The Labute approximate surface area is 206 Å². The third-order valence-electron chi connectivity index (χ3n) is 5.70. The molecule has 3 aromatic rings.